The van der Waals surface area contributed by atoms with Gasteiger partial charge in [0.25, 0.3) is 0 Å². The largest absolute Gasteiger partial charge is 0.314 e. The summed E-state index contributed by atoms with van der Waals surface area (Å²) in [4.78, 5) is 0. The fraction of sp³-hybridized carbons (Fsp3) is 0.625. The molecule has 0 bridgehead atoms. The number of halogens is 1. The van der Waals surface area contributed by atoms with Gasteiger partial charge in [0.05, 0.1) is 0 Å². The van der Waals surface area contributed by atoms with Crippen LogP contribution in [0.25, 0.3) is 0 Å². The van der Waals surface area contributed by atoms with E-state index in [1.807, 2.05) is 12.1 Å². The smallest absolute Gasteiger partial charge is 0.126 e. The predicted molar refractivity (Wildman–Crippen MR) is 74.1 cm³/mol. The van der Waals surface area contributed by atoms with Crippen molar-refractivity contribution >= 4 is 0 Å². The predicted octanol–water partition coefficient (Wildman–Crippen LogP) is 3.93. The molecule has 1 aliphatic carbocycles. The summed E-state index contributed by atoms with van der Waals surface area (Å²) in [5.74, 6) is 0.819. The highest BCUT2D eigenvalue weighted by atomic mass is 19.1. The van der Waals surface area contributed by atoms with E-state index in [0.29, 0.717) is 6.04 Å². The van der Waals surface area contributed by atoms with Gasteiger partial charge in [-0.2, -0.15) is 0 Å². The first-order chi connectivity index (χ1) is 8.79. The average Bonchev–Trinajstić information content (AvgIpc) is 2.41. The van der Waals surface area contributed by atoms with Gasteiger partial charge < -0.3 is 5.32 Å². The number of hydrogen-bond donors (Lipinski definition) is 1. The average molecular weight is 249 g/mol. The van der Waals surface area contributed by atoms with Gasteiger partial charge in [-0.15, -0.1) is 0 Å². The second-order valence-electron chi connectivity index (χ2n) is 5.43. The Labute approximate surface area is 110 Å². The first kappa shape index (κ1) is 13.5. The molecule has 0 heterocycles. The molecule has 0 amide bonds. The molecule has 1 aromatic rings. The van der Waals surface area contributed by atoms with Gasteiger partial charge in [0.2, 0.25) is 0 Å². The molecule has 1 aromatic carbocycles. The molecular weight excluding hydrogens is 225 g/mol. The number of hydrogen-bond acceptors (Lipinski definition) is 1. The molecule has 1 fully saturated rings. The normalized spacial score (nSPS) is 24.1. The quantitative estimate of drug-likeness (QED) is 0.834. The maximum absolute atomic E-state index is 13.4. The van der Waals surface area contributed by atoms with Crippen LogP contribution in [0.1, 0.15) is 44.6 Å². The fourth-order valence-electron chi connectivity index (χ4n) is 2.96. The zero-order valence-corrected chi connectivity index (χ0v) is 11.3. The zero-order valence-electron chi connectivity index (χ0n) is 11.3. The van der Waals surface area contributed by atoms with Gasteiger partial charge in [0.1, 0.15) is 5.82 Å². The van der Waals surface area contributed by atoms with Crippen molar-refractivity contribution in [2.75, 3.05) is 6.54 Å². The first-order valence-corrected chi connectivity index (χ1v) is 7.26. The molecular formula is C16H24FN. The Morgan fingerprint density at radius 2 is 2.11 bits per heavy atom. The fourth-order valence-corrected chi connectivity index (χ4v) is 2.96. The summed E-state index contributed by atoms with van der Waals surface area (Å²) in [5.41, 5.74) is 0.827. The van der Waals surface area contributed by atoms with Crippen molar-refractivity contribution in [1.82, 2.24) is 5.32 Å². The number of benzene rings is 1. The molecule has 2 atom stereocenters. The van der Waals surface area contributed by atoms with Crippen LogP contribution in [0.4, 0.5) is 4.39 Å². The van der Waals surface area contributed by atoms with E-state index in [0.717, 1.165) is 24.4 Å². The highest BCUT2D eigenvalue weighted by Gasteiger charge is 2.19. The van der Waals surface area contributed by atoms with E-state index in [1.54, 1.807) is 12.1 Å². The Kier molecular flexibility index (Phi) is 5.18. The summed E-state index contributed by atoms with van der Waals surface area (Å²) < 4.78 is 13.4. The van der Waals surface area contributed by atoms with Crippen LogP contribution in [0.2, 0.25) is 0 Å². The van der Waals surface area contributed by atoms with Crippen LogP contribution < -0.4 is 5.32 Å². The third-order valence-corrected chi connectivity index (χ3v) is 4.15. The van der Waals surface area contributed by atoms with Gasteiger partial charge in [0.15, 0.2) is 0 Å². The summed E-state index contributed by atoms with van der Waals surface area (Å²) in [6.07, 6.45) is 7.41. The van der Waals surface area contributed by atoms with Gasteiger partial charge >= 0.3 is 0 Å². The first-order valence-electron chi connectivity index (χ1n) is 7.26. The summed E-state index contributed by atoms with van der Waals surface area (Å²) in [5, 5.41) is 3.59. The molecule has 1 aliphatic rings. The lowest BCUT2D eigenvalue weighted by molar-refractivity contribution is 0.280. The summed E-state index contributed by atoms with van der Waals surface area (Å²) in [6, 6.07) is 7.73. The standard InChI is InChI=1S/C16H24FN/c1-2-13-6-5-8-15(12-13)18-11-10-14-7-3-4-9-16(14)17/h3-4,7,9,13,15,18H,2,5-6,8,10-12H2,1H3. The molecule has 2 unspecified atom stereocenters. The van der Waals surface area contributed by atoms with Crippen molar-refractivity contribution < 1.29 is 4.39 Å². The third-order valence-electron chi connectivity index (χ3n) is 4.15. The van der Waals surface area contributed by atoms with Gasteiger partial charge in [-0.25, -0.2) is 4.39 Å². The summed E-state index contributed by atoms with van der Waals surface area (Å²) in [6.45, 7) is 3.18. The molecule has 2 heteroatoms. The molecule has 0 spiro atoms. The van der Waals surface area contributed by atoms with Gasteiger partial charge in [-0.3, -0.25) is 0 Å². The van der Waals surface area contributed by atoms with Crippen LogP contribution in [-0.4, -0.2) is 12.6 Å². The lowest BCUT2D eigenvalue weighted by Gasteiger charge is -2.29. The van der Waals surface area contributed by atoms with E-state index < -0.39 is 0 Å². The molecule has 2 rings (SSSR count). The van der Waals surface area contributed by atoms with Gasteiger partial charge in [-0.05, 0) is 43.4 Å². The minimum atomic E-state index is -0.0746. The van der Waals surface area contributed by atoms with Gasteiger partial charge in [-0.1, -0.05) is 44.4 Å². The van der Waals surface area contributed by atoms with Crippen molar-refractivity contribution in [3.05, 3.63) is 35.6 Å². The monoisotopic (exact) mass is 249 g/mol. The minimum absolute atomic E-state index is 0.0746. The van der Waals surface area contributed by atoms with Crippen molar-refractivity contribution in [2.45, 2.75) is 51.5 Å². The van der Waals surface area contributed by atoms with Crippen LogP contribution in [0.5, 0.6) is 0 Å². The van der Waals surface area contributed by atoms with Crippen LogP contribution in [-0.2, 0) is 6.42 Å². The van der Waals surface area contributed by atoms with Crippen molar-refractivity contribution in [1.29, 1.82) is 0 Å². The molecule has 100 valence electrons. The van der Waals surface area contributed by atoms with E-state index in [2.05, 4.69) is 12.2 Å². The molecule has 0 radical (unpaired) electrons. The zero-order chi connectivity index (χ0) is 12.8. The summed E-state index contributed by atoms with van der Waals surface area (Å²) in [7, 11) is 0. The van der Waals surface area contributed by atoms with E-state index >= 15 is 0 Å². The van der Waals surface area contributed by atoms with Crippen molar-refractivity contribution in [2.24, 2.45) is 5.92 Å². The van der Waals surface area contributed by atoms with E-state index in [-0.39, 0.29) is 5.82 Å². The van der Waals surface area contributed by atoms with Crippen LogP contribution >= 0.6 is 0 Å². The van der Waals surface area contributed by atoms with Gasteiger partial charge in [0, 0.05) is 6.04 Å². The van der Waals surface area contributed by atoms with Crippen molar-refractivity contribution in [3.63, 3.8) is 0 Å². The SMILES string of the molecule is CCC1CCCC(NCCc2ccccc2F)C1. The molecule has 18 heavy (non-hydrogen) atoms. The Hall–Kier alpha value is -0.890. The summed E-state index contributed by atoms with van der Waals surface area (Å²) >= 11 is 0. The highest BCUT2D eigenvalue weighted by Crippen LogP contribution is 2.26. The lowest BCUT2D eigenvalue weighted by Crippen LogP contribution is -2.35. The third kappa shape index (κ3) is 3.81. The number of nitrogens with one attached hydrogen (secondary N) is 1. The van der Waals surface area contributed by atoms with E-state index in [9.17, 15) is 4.39 Å². The lowest BCUT2D eigenvalue weighted by atomic mass is 9.84. The van der Waals surface area contributed by atoms with Crippen LogP contribution in [0, 0.1) is 11.7 Å². The molecule has 0 saturated heterocycles. The molecule has 1 nitrogen and oxygen atoms in total. The Bertz CT molecular complexity index is 364. The second-order valence-corrected chi connectivity index (χ2v) is 5.43. The molecule has 1 N–H and O–H groups in total. The highest BCUT2D eigenvalue weighted by molar-refractivity contribution is 5.17. The Balaban J connectivity index is 1.73. The maximum atomic E-state index is 13.4. The van der Waals surface area contributed by atoms with Crippen molar-refractivity contribution in [3.8, 4) is 0 Å². The topological polar surface area (TPSA) is 12.0 Å². The minimum Gasteiger partial charge on any atom is -0.314 e. The Morgan fingerprint density at radius 3 is 2.89 bits per heavy atom. The Morgan fingerprint density at radius 1 is 1.28 bits per heavy atom. The second kappa shape index (κ2) is 6.89. The molecule has 0 aliphatic heterocycles. The van der Waals surface area contributed by atoms with Crippen LogP contribution in [0.15, 0.2) is 24.3 Å². The van der Waals surface area contributed by atoms with E-state index in [4.69, 9.17) is 0 Å². The maximum Gasteiger partial charge on any atom is 0.126 e. The van der Waals surface area contributed by atoms with Crippen LogP contribution in [0.3, 0.4) is 0 Å². The number of rotatable bonds is 5. The molecule has 1 saturated carbocycles. The molecule has 0 aromatic heterocycles. The van der Waals surface area contributed by atoms with E-state index in [1.165, 1.54) is 32.1 Å².